The molecule has 0 amide bonds. The summed E-state index contributed by atoms with van der Waals surface area (Å²) >= 11 is 12.3. The van der Waals surface area contributed by atoms with Gasteiger partial charge in [0.25, 0.3) is 0 Å². The average Bonchev–Trinajstić information content (AvgIpc) is 3.07. The number of imidazole rings is 1. The molecule has 0 fully saturated rings. The number of nitriles is 1. The van der Waals surface area contributed by atoms with Gasteiger partial charge in [-0.1, -0.05) is 54.7 Å². The Morgan fingerprint density at radius 3 is 2.68 bits per heavy atom. The summed E-state index contributed by atoms with van der Waals surface area (Å²) in [5.41, 5.74) is 5.08. The minimum Gasteiger partial charge on any atom is -0.367 e. The summed E-state index contributed by atoms with van der Waals surface area (Å²) in [6.07, 6.45) is 1.77. The van der Waals surface area contributed by atoms with E-state index in [-0.39, 0.29) is 0 Å². The van der Waals surface area contributed by atoms with Crippen molar-refractivity contribution in [2.24, 2.45) is 0 Å². The van der Waals surface area contributed by atoms with Crippen LogP contribution in [0.3, 0.4) is 0 Å². The van der Waals surface area contributed by atoms with E-state index in [1.807, 2.05) is 46.9 Å². The van der Waals surface area contributed by atoms with Crippen molar-refractivity contribution >= 4 is 45.7 Å². The molecule has 0 aliphatic rings. The van der Waals surface area contributed by atoms with Gasteiger partial charge in [0.15, 0.2) is 5.65 Å². The topological polar surface area (TPSA) is 53.1 Å². The Morgan fingerprint density at radius 1 is 1.11 bits per heavy atom. The molecule has 4 aromatic rings. The van der Waals surface area contributed by atoms with Crippen molar-refractivity contribution in [2.75, 3.05) is 5.32 Å². The van der Waals surface area contributed by atoms with E-state index in [9.17, 15) is 5.26 Å². The molecule has 1 N–H and O–H groups in total. The SMILES string of the molecule is CCCc1cc(NCc2ccc(Cl)cc2Cl)n2c(nc3ccccc32)c1C#N. The van der Waals surface area contributed by atoms with Gasteiger partial charge in [0.1, 0.15) is 11.9 Å². The number of hydrogen-bond acceptors (Lipinski definition) is 3. The van der Waals surface area contributed by atoms with Crippen LogP contribution in [0, 0.1) is 11.3 Å². The fraction of sp³-hybridized carbons (Fsp3) is 0.182. The van der Waals surface area contributed by atoms with E-state index >= 15 is 0 Å². The Balaban J connectivity index is 1.87. The number of pyridine rings is 1. The normalized spacial score (nSPS) is 11.1. The number of nitrogens with zero attached hydrogens (tertiary/aromatic N) is 3. The third-order valence-corrected chi connectivity index (χ3v) is 5.35. The smallest absolute Gasteiger partial charge is 0.157 e. The number of anilines is 1. The average molecular weight is 409 g/mol. The molecular formula is C22H18Cl2N4. The molecule has 0 spiro atoms. The molecule has 0 unspecified atom stereocenters. The number of rotatable bonds is 5. The lowest BCUT2D eigenvalue weighted by Crippen LogP contribution is -2.07. The number of benzene rings is 2. The molecule has 140 valence electrons. The molecule has 2 aromatic heterocycles. The summed E-state index contributed by atoms with van der Waals surface area (Å²) in [5, 5.41) is 14.5. The number of aromatic nitrogens is 2. The largest absolute Gasteiger partial charge is 0.367 e. The molecule has 0 bridgehead atoms. The lowest BCUT2D eigenvalue weighted by atomic mass is 10.1. The molecule has 2 aromatic carbocycles. The molecule has 6 heteroatoms. The van der Waals surface area contributed by atoms with Crippen LogP contribution in [0.4, 0.5) is 5.82 Å². The molecule has 2 heterocycles. The summed E-state index contributed by atoms with van der Waals surface area (Å²) in [5.74, 6) is 0.886. The molecule has 0 saturated carbocycles. The number of halogens is 2. The number of hydrogen-bond donors (Lipinski definition) is 1. The Hall–Kier alpha value is -2.74. The summed E-state index contributed by atoms with van der Waals surface area (Å²) in [6.45, 7) is 2.64. The van der Waals surface area contributed by atoms with Crippen LogP contribution in [0.5, 0.6) is 0 Å². The van der Waals surface area contributed by atoms with Gasteiger partial charge in [-0.05, 0) is 47.9 Å². The summed E-state index contributed by atoms with van der Waals surface area (Å²) in [6, 6.07) is 17.8. The van der Waals surface area contributed by atoms with Crippen molar-refractivity contribution in [2.45, 2.75) is 26.3 Å². The molecule has 0 aliphatic carbocycles. The molecule has 4 rings (SSSR count). The van der Waals surface area contributed by atoms with Gasteiger partial charge in [-0.15, -0.1) is 0 Å². The maximum Gasteiger partial charge on any atom is 0.157 e. The van der Waals surface area contributed by atoms with Gasteiger partial charge in [0.05, 0.1) is 16.6 Å². The van der Waals surface area contributed by atoms with Crippen LogP contribution in [0.2, 0.25) is 10.0 Å². The maximum atomic E-state index is 9.78. The van der Waals surface area contributed by atoms with Crippen LogP contribution in [0.25, 0.3) is 16.7 Å². The van der Waals surface area contributed by atoms with Crippen LogP contribution in [-0.4, -0.2) is 9.38 Å². The van der Waals surface area contributed by atoms with E-state index in [1.54, 1.807) is 6.07 Å². The van der Waals surface area contributed by atoms with E-state index in [4.69, 9.17) is 28.2 Å². The highest BCUT2D eigenvalue weighted by Crippen LogP contribution is 2.29. The number of para-hydroxylation sites is 2. The Kier molecular flexibility index (Phi) is 5.13. The molecular weight excluding hydrogens is 391 g/mol. The van der Waals surface area contributed by atoms with Gasteiger partial charge in [-0.25, -0.2) is 4.98 Å². The molecule has 0 radical (unpaired) electrons. The van der Waals surface area contributed by atoms with Gasteiger partial charge < -0.3 is 5.32 Å². The standard InChI is InChI=1S/C22H18Cl2N4/c1-2-5-14-10-21(26-13-15-8-9-16(23)11-18(15)24)28-20-7-4-3-6-19(20)27-22(28)17(14)12-25/h3-4,6-11,26H,2,5,13H2,1H3. The molecule has 0 atom stereocenters. The first-order valence-corrected chi connectivity index (χ1v) is 9.89. The highest BCUT2D eigenvalue weighted by molar-refractivity contribution is 6.35. The van der Waals surface area contributed by atoms with Crippen LogP contribution < -0.4 is 5.32 Å². The summed E-state index contributed by atoms with van der Waals surface area (Å²) < 4.78 is 2.01. The Morgan fingerprint density at radius 2 is 1.93 bits per heavy atom. The fourth-order valence-electron chi connectivity index (χ4n) is 3.45. The monoisotopic (exact) mass is 408 g/mol. The fourth-order valence-corrected chi connectivity index (χ4v) is 3.93. The molecule has 0 saturated heterocycles. The van der Waals surface area contributed by atoms with Gasteiger partial charge in [0.2, 0.25) is 0 Å². The zero-order valence-corrected chi connectivity index (χ0v) is 16.8. The van der Waals surface area contributed by atoms with Crippen molar-refractivity contribution in [3.8, 4) is 6.07 Å². The van der Waals surface area contributed by atoms with Crippen LogP contribution in [-0.2, 0) is 13.0 Å². The summed E-state index contributed by atoms with van der Waals surface area (Å²) in [7, 11) is 0. The third-order valence-electron chi connectivity index (χ3n) is 4.76. The molecule has 4 nitrogen and oxygen atoms in total. The van der Waals surface area contributed by atoms with Crippen LogP contribution in [0.1, 0.15) is 30.0 Å². The highest BCUT2D eigenvalue weighted by atomic mass is 35.5. The predicted octanol–water partition coefficient (Wildman–Crippen LogP) is 6.23. The van der Waals surface area contributed by atoms with Crippen molar-refractivity contribution in [3.63, 3.8) is 0 Å². The first kappa shape index (κ1) is 18.6. The van der Waals surface area contributed by atoms with Gasteiger partial charge in [0, 0.05) is 16.6 Å². The first-order valence-electron chi connectivity index (χ1n) is 9.13. The minimum absolute atomic E-state index is 0.537. The minimum atomic E-state index is 0.537. The summed E-state index contributed by atoms with van der Waals surface area (Å²) in [4.78, 5) is 4.73. The molecule has 28 heavy (non-hydrogen) atoms. The molecule has 0 aliphatic heterocycles. The van der Waals surface area contributed by atoms with Crippen molar-refractivity contribution in [3.05, 3.63) is 75.3 Å². The van der Waals surface area contributed by atoms with Crippen molar-refractivity contribution in [1.29, 1.82) is 5.26 Å². The zero-order valence-electron chi connectivity index (χ0n) is 15.3. The Bertz CT molecular complexity index is 1220. The van der Waals surface area contributed by atoms with Gasteiger partial charge >= 0.3 is 0 Å². The predicted molar refractivity (Wildman–Crippen MR) is 115 cm³/mol. The van der Waals surface area contributed by atoms with Crippen molar-refractivity contribution in [1.82, 2.24) is 9.38 Å². The van der Waals surface area contributed by atoms with Crippen molar-refractivity contribution < 1.29 is 0 Å². The van der Waals surface area contributed by atoms with Crippen LogP contribution >= 0.6 is 23.2 Å². The quantitative estimate of drug-likeness (QED) is 0.425. The van der Waals surface area contributed by atoms with E-state index < -0.39 is 0 Å². The lowest BCUT2D eigenvalue weighted by Gasteiger charge is -2.14. The number of nitrogens with one attached hydrogen (secondary N) is 1. The zero-order chi connectivity index (χ0) is 19.7. The lowest BCUT2D eigenvalue weighted by molar-refractivity contribution is 0.913. The van der Waals surface area contributed by atoms with E-state index in [0.29, 0.717) is 27.8 Å². The third kappa shape index (κ3) is 3.28. The number of fused-ring (bicyclic) bond motifs is 3. The number of aryl methyl sites for hydroxylation is 1. The van der Waals surface area contributed by atoms with E-state index in [2.05, 4.69) is 18.3 Å². The highest BCUT2D eigenvalue weighted by Gasteiger charge is 2.16. The van der Waals surface area contributed by atoms with E-state index in [0.717, 1.165) is 40.8 Å². The van der Waals surface area contributed by atoms with Gasteiger partial charge in [-0.2, -0.15) is 5.26 Å². The van der Waals surface area contributed by atoms with Crippen LogP contribution in [0.15, 0.2) is 48.5 Å². The Labute approximate surface area is 173 Å². The first-order chi connectivity index (χ1) is 13.6. The van der Waals surface area contributed by atoms with E-state index in [1.165, 1.54) is 0 Å². The van der Waals surface area contributed by atoms with Gasteiger partial charge in [-0.3, -0.25) is 4.40 Å². The maximum absolute atomic E-state index is 9.78. The second-order valence-corrected chi connectivity index (χ2v) is 7.48. The second-order valence-electron chi connectivity index (χ2n) is 6.64. The second kappa shape index (κ2) is 7.71.